The zero-order valence-corrected chi connectivity index (χ0v) is 11.3. The van der Waals surface area contributed by atoms with Gasteiger partial charge in [0.15, 0.2) is 0 Å². The summed E-state index contributed by atoms with van der Waals surface area (Å²) < 4.78 is 1.92. The topological polar surface area (TPSA) is 42.2 Å². The maximum atomic E-state index is 11.3. The number of fused-ring (bicyclic) bond motifs is 1. The van der Waals surface area contributed by atoms with Gasteiger partial charge in [-0.1, -0.05) is 26.8 Å². The van der Waals surface area contributed by atoms with Gasteiger partial charge in [0.1, 0.15) is 0 Å². The number of hydrogen-bond donors (Lipinski definition) is 1. The molecule has 0 saturated heterocycles. The van der Waals surface area contributed by atoms with Crippen LogP contribution in [0.1, 0.15) is 48.2 Å². The third-order valence-corrected chi connectivity index (χ3v) is 3.43. The van der Waals surface area contributed by atoms with Gasteiger partial charge in [0.2, 0.25) is 0 Å². The molecule has 1 aromatic carbocycles. The van der Waals surface area contributed by atoms with E-state index in [9.17, 15) is 9.90 Å². The number of aryl methyl sites for hydroxylation is 2. The van der Waals surface area contributed by atoms with Gasteiger partial charge in [0, 0.05) is 18.6 Å². The zero-order chi connectivity index (χ0) is 13.4. The molecule has 1 N–H and O–H groups in total. The Morgan fingerprint density at radius 1 is 1.39 bits per heavy atom. The average Bonchev–Trinajstić information content (AvgIpc) is 2.65. The van der Waals surface area contributed by atoms with Gasteiger partial charge in [0.25, 0.3) is 0 Å². The van der Waals surface area contributed by atoms with Crippen molar-refractivity contribution in [1.29, 1.82) is 0 Å². The van der Waals surface area contributed by atoms with Crippen molar-refractivity contribution in [3.63, 3.8) is 0 Å². The van der Waals surface area contributed by atoms with E-state index in [0.29, 0.717) is 11.5 Å². The number of rotatable bonds is 3. The Kier molecular flexibility index (Phi) is 3.16. The van der Waals surface area contributed by atoms with E-state index in [0.717, 1.165) is 17.3 Å². The number of carboxylic acids is 1. The molecule has 2 rings (SSSR count). The first-order valence-corrected chi connectivity index (χ1v) is 6.30. The van der Waals surface area contributed by atoms with Crippen LogP contribution in [-0.2, 0) is 13.5 Å². The predicted octanol–water partition coefficient (Wildman–Crippen LogP) is 3.56. The highest BCUT2D eigenvalue weighted by molar-refractivity contribution is 6.04. The van der Waals surface area contributed by atoms with Gasteiger partial charge in [-0.25, -0.2) is 4.79 Å². The summed E-state index contributed by atoms with van der Waals surface area (Å²) in [6.07, 6.45) is 2.63. The molecule has 0 fully saturated rings. The maximum Gasteiger partial charge on any atom is 0.337 e. The first-order chi connectivity index (χ1) is 8.45. The molecule has 2 aromatic rings. The molecule has 3 heteroatoms. The van der Waals surface area contributed by atoms with Gasteiger partial charge < -0.3 is 9.67 Å². The van der Waals surface area contributed by atoms with Crippen molar-refractivity contribution in [3.8, 4) is 0 Å². The molecule has 0 aliphatic rings. The molecule has 0 atom stereocenters. The Balaban J connectivity index is 2.88. The zero-order valence-electron chi connectivity index (χ0n) is 11.3. The van der Waals surface area contributed by atoms with E-state index in [1.165, 1.54) is 11.1 Å². The fraction of sp³-hybridized carbons (Fsp3) is 0.400. The smallest absolute Gasteiger partial charge is 0.337 e. The lowest BCUT2D eigenvalue weighted by Gasteiger charge is -2.12. The van der Waals surface area contributed by atoms with Crippen LogP contribution in [0.5, 0.6) is 0 Å². The quantitative estimate of drug-likeness (QED) is 0.898. The third kappa shape index (κ3) is 1.90. The number of nitrogens with zero attached hydrogens (tertiary/aromatic N) is 1. The third-order valence-electron chi connectivity index (χ3n) is 3.43. The fourth-order valence-electron chi connectivity index (χ4n) is 2.46. The minimum absolute atomic E-state index is 0.384. The van der Waals surface area contributed by atoms with E-state index in [-0.39, 0.29) is 0 Å². The highest BCUT2D eigenvalue weighted by atomic mass is 16.4. The Morgan fingerprint density at radius 3 is 2.56 bits per heavy atom. The van der Waals surface area contributed by atoms with E-state index >= 15 is 0 Å². The second-order valence-corrected chi connectivity index (χ2v) is 5.05. The van der Waals surface area contributed by atoms with Crippen molar-refractivity contribution in [2.45, 2.75) is 33.1 Å². The fourth-order valence-corrected chi connectivity index (χ4v) is 2.46. The van der Waals surface area contributed by atoms with Crippen LogP contribution < -0.4 is 0 Å². The SMILES string of the molecule is CCc1cc(C(C)C)c2c(c1)c(C(=O)O)cn2C. The van der Waals surface area contributed by atoms with Crippen molar-refractivity contribution in [1.82, 2.24) is 4.57 Å². The van der Waals surface area contributed by atoms with Crippen LogP contribution in [-0.4, -0.2) is 15.6 Å². The van der Waals surface area contributed by atoms with E-state index in [4.69, 9.17) is 0 Å². The molecular weight excluding hydrogens is 226 g/mol. The van der Waals surface area contributed by atoms with E-state index in [1.807, 2.05) is 17.7 Å². The van der Waals surface area contributed by atoms with Gasteiger partial charge in [0.05, 0.1) is 11.1 Å². The van der Waals surface area contributed by atoms with Crippen LogP contribution in [0, 0.1) is 0 Å². The van der Waals surface area contributed by atoms with E-state index < -0.39 is 5.97 Å². The van der Waals surface area contributed by atoms with Gasteiger partial charge in [-0.3, -0.25) is 0 Å². The summed E-state index contributed by atoms with van der Waals surface area (Å²) >= 11 is 0. The lowest BCUT2D eigenvalue weighted by Crippen LogP contribution is -1.97. The molecule has 3 nitrogen and oxygen atoms in total. The van der Waals surface area contributed by atoms with Crippen molar-refractivity contribution in [2.75, 3.05) is 0 Å². The van der Waals surface area contributed by atoms with Gasteiger partial charge in [-0.15, -0.1) is 0 Å². The Morgan fingerprint density at radius 2 is 2.06 bits per heavy atom. The molecule has 18 heavy (non-hydrogen) atoms. The number of aromatic carboxylic acids is 1. The van der Waals surface area contributed by atoms with Crippen molar-refractivity contribution < 1.29 is 9.90 Å². The average molecular weight is 245 g/mol. The summed E-state index contributed by atoms with van der Waals surface area (Å²) in [6.45, 7) is 6.37. The molecule has 0 unspecified atom stereocenters. The lowest BCUT2D eigenvalue weighted by atomic mass is 9.95. The molecule has 0 aliphatic carbocycles. The number of aromatic nitrogens is 1. The molecule has 0 aliphatic heterocycles. The normalized spacial score (nSPS) is 11.4. The second kappa shape index (κ2) is 4.48. The molecule has 0 spiro atoms. The minimum atomic E-state index is -0.858. The molecular formula is C15H19NO2. The van der Waals surface area contributed by atoms with E-state index in [2.05, 4.69) is 26.8 Å². The molecule has 96 valence electrons. The molecule has 0 bridgehead atoms. The van der Waals surface area contributed by atoms with Gasteiger partial charge in [-0.05, 0) is 29.5 Å². The highest BCUT2D eigenvalue weighted by Gasteiger charge is 2.17. The molecule has 1 heterocycles. The standard InChI is InChI=1S/C15H19NO2/c1-5-10-6-11(9(2)3)14-12(7-10)13(15(17)18)8-16(14)4/h6-9H,5H2,1-4H3,(H,17,18). The van der Waals surface area contributed by atoms with Crippen LogP contribution in [0.2, 0.25) is 0 Å². The molecule has 0 saturated carbocycles. The number of benzene rings is 1. The van der Waals surface area contributed by atoms with Crippen molar-refractivity contribution in [3.05, 3.63) is 35.0 Å². The lowest BCUT2D eigenvalue weighted by molar-refractivity contribution is 0.0699. The second-order valence-electron chi connectivity index (χ2n) is 5.05. The number of hydrogen-bond acceptors (Lipinski definition) is 1. The summed E-state index contributed by atoms with van der Waals surface area (Å²) in [6, 6.07) is 4.20. The summed E-state index contributed by atoms with van der Waals surface area (Å²) in [7, 11) is 1.91. The van der Waals surface area contributed by atoms with Crippen LogP contribution in [0.25, 0.3) is 10.9 Å². The Labute approximate surface area is 107 Å². The molecule has 1 aromatic heterocycles. The predicted molar refractivity (Wildman–Crippen MR) is 73.3 cm³/mol. The summed E-state index contributed by atoms with van der Waals surface area (Å²) in [5.41, 5.74) is 3.85. The van der Waals surface area contributed by atoms with Crippen LogP contribution in [0.3, 0.4) is 0 Å². The summed E-state index contributed by atoms with van der Waals surface area (Å²) in [4.78, 5) is 11.3. The molecule has 0 radical (unpaired) electrons. The Hall–Kier alpha value is -1.77. The van der Waals surface area contributed by atoms with Crippen molar-refractivity contribution in [2.24, 2.45) is 7.05 Å². The van der Waals surface area contributed by atoms with Crippen LogP contribution >= 0.6 is 0 Å². The van der Waals surface area contributed by atoms with Crippen molar-refractivity contribution >= 4 is 16.9 Å². The van der Waals surface area contributed by atoms with Gasteiger partial charge >= 0.3 is 5.97 Å². The largest absolute Gasteiger partial charge is 0.478 e. The van der Waals surface area contributed by atoms with Gasteiger partial charge in [-0.2, -0.15) is 0 Å². The van der Waals surface area contributed by atoms with Crippen LogP contribution in [0.4, 0.5) is 0 Å². The summed E-state index contributed by atoms with van der Waals surface area (Å²) in [5, 5.41) is 10.1. The highest BCUT2D eigenvalue weighted by Crippen LogP contribution is 2.30. The van der Waals surface area contributed by atoms with Crippen LogP contribution in [0.15, 0.2) is 18.3 Å². The van der Waals surface area contributed by atoms with E-state index in [1.54, 1.807) is 6.20 Å². The first kappa shape index (κ1) is 12.7. The maximum absolute atomic E-state index is 11.3. The first-order valence-electron chi connectivity index (χ1n) is 6.30. The summed E-state index contributed by atoms with van der Waals surface area (Å²) in [5.74, 6) is -0.474. The minimum Gasteiger partial charge on any atom is -0.478 e. The Bertz CT molecular complexity index is 608. The monoisotopic (exact) mass is 245 g/mol. The number of carbonyl (C=O) groups is 1. The molecule has 0 amide bonds. The number of carboxylic acid groups (broad SMARTS) is 1.